The van der Waals surface area contributed by atoms with Crippen LogP contribution in [0, 0.1) is 6.92 Å². The molecule has 0 aliphatic carbocycles. The summed E-state index contributed by atoms with van der Waals surface area (Å²) in [6.45, 7) is 3.97. The van der Waals surface area contributed by atoms with Crippen molar-refractivity contribution in [2.45, 2.75) is 30.5 Å². The zero-order valence-corrected chi connectivity index (χ0v) is 13.4. The molecule has 3 rings (SSSR count). The third-order valence-electron chi connectivity index (χ3n) is 3.05. The fourth-order valence-electron chi connectivity index (χ4n) is 1.97. The average Bonchev–Trinajstić information content (AvgIpc) is 2.88. The molecule has 8 heteroatoms. The van der Waals surface area contributed by atoms with E-state index < -0.39 is 0 Å². The molecule has 0 saturated heterocycles. The van der Waals surface area contributed by atoms with Crippen LogP contribution in [0.15, 0.2) is 34.8 Å². The first-order valence-corrected chi connectivity index (χ1v) is 7.67. The lowest BCUT2D eigenvalue weighted by Gasteiger charge is -2.05. The van der Waals surface area contributed by atoms with Gasteiger partial charge in [0.25, 0.3) is 0 Å². The summed E-state index contributed by atoms with van der Waals surface area (Å²) in [7, 11) is 1.90. The first-order chi connectivity index (χ1) is 10.7. The van der Waals surface area contributed by atoms with Crippen LogP contribution in [-0.2, 0) is 13.5 Å². The van der Waals surface area contributed by atoms with Crippen molar-refractivity contribution in [3.63, 3.8) is 0 Å². The Morgan fingerprint density at radius 3 is 2.77 bits per heavy atom. The van der Waals surface area contributed by atoms with E-state index in [0.29, 0.717) is 11.5 Å². The first-order valence-electron chi connectivity index (χ1n) is 6.85. The Bertz CT molecular complexity index is 785. The molecule has 0 radical (unpaired) electrons. The molecule has 0 N–H and O–H groups in total. The lowest BCUT2D eigenvalue weighted by molar-refractivity contribution is 0.788. The topological polar surface area (TPSA) is 82.3 Å². The number of aryl methyl sites for hydroxylation is 2. The van der Waals surface area contributed by atoms with Crippen LogP contribution in [0.3, 0.4) is 0 Å². The van der Waals surface area contributed by atoms with Crippen molar-refractivity contribution in [2.24, 2.45) is 7.05 Å². The Balaban J connectivity index is 1.91. The zero-order chi connectivity index (χ0) is 15.5. The van der Waals surface area contributed by atoms with E-state index >= 15 is 0 Å². The fourth-order valence-corrected chi connectivity index (χ4v) is 2.83. The lowest BCUT2D eigenvalue weighted by atomic mass is 10.3. The summed E-state index contributed by atoms with van der Waals surface area (Å²) in [5, 5.41) is 10.0. The minimum Gasteiger partial charge on any atom is -0.303 e. The van der Waals surface area contributed by atoms with Gasteiger partial charge in [-0.2, -0.15) is 0 Å². The van der Waals surface area contributed by atoms with Crippen LogP contribution >= 0.6 is 11.8 Å². The molecule has 3 aromatic heterocycles. The number of rotatable bonds is 4. The molecule has 0 aliphatic heterocycles. The minimum atomic E-state index is 0.678. The van der Waals surface area contributed by atoms with Crippen molar-refractivity contribution >= 4 is 11.8 Å². The molecule has 0 amide bonds. The Labute approximate surface area is 132 Å². The molecule has 3 heterocycles. The van der Waals surface area contributed by atoms with Gasteiger partial charge in [0.1, 0.15) is 16.5 Å². The second-order valence-electron chi connectivity index (χ2n) is 4.66. The molecule has 112 valence electrons. The Morgan fingerprint density at radius 1 is 1.18 bits per heavy atom. The van der Waals surface area contributed by atoms with E-state index in [4.69, 9.17) is 0 Å². The monoisotopic (exact) mass is 313 g/mol. The van der Waals surface area contributed by atoms with Crippen LogP contribution in [-0.4, -0.2) is 34.7 Å². The SMILES string of the molecule is CCc1cc(Sc2nnc(-c3cnccn3)n2C)nc(C)n1. The highest BCUT2D eigenvalue weighted by Gasteiger charge is 2.14. The van der Waals surface area contributed by atoms with E-state index in [1.165, 1.54) is 11.8 Å². The van der Waals surface area contributed by atoms with Crippen molar-refractivity contribution in [1.29, 1.82) is 0 Å². The molecule has 0 spiro atoms. The van der Waals surface area contributed by atoms with Gasteiger partial charge in [0.05, 0.1) is 6.20 Å². The van der Waals surface area contributed by atoms with Gasteiger partial charge >= 0.3 is 0 Å². The summed E-state index contributed by atoms with van der Waals surface area (Å²) in [5.41, 5.74) is 1.71. The van der Waals surface area contributed by atoms with E-state index in [9.17, 15) is 0 Å². The van der Waals surface area contributed by atoms with Crippen molar-refractivity contribution in [3.8, 4) is 11.5 Å². The second-order valence-corrected chi connectivity index (χ2v) is 5.64. The standard InChI is InChI=1S/C14H15N7S/c1-4-10-7-12(18-9(2)17-10)22-14-20-19-13(21(14)3)11-8-15-5-6-16-11/h5-8H,4H2,1-3H3. The van der Waals surface area contributed by atoms with Crippen LogP contribution in [0.2, 0.25) is 0 Å². The predicted molar refractivity (Wildman–Crippen MR) is 82.3 cm³/mol. The number of aromatic nitrogens is 7. The first kappa shape index (κ1) is 14.6. The van der Waals surface area contributed by atoms with Crippen LogP contribution in [0.1, 0.15) is 18.4 Å². The maximum Gasteiger partial charge on any atom is 0.197 e. The molecule has 0 aromatic carbocycles. The third-order valence-corrected chi connectivity index (χ3v) is 4.01. The van der Waals surface area contributed by atoms with E-state index in [-0.39, 0.29) is 0 Å². The largest absolute Gasteiger partial charge is 0.303 e. The predicted octanol–water partition coefficient (Wildman–Crippen LogP) is 2.08. The third kappa shape index (κ3) is 2.96. The van der Waals surface area contributed by atoms with Crippen molar-refractivity contribution in [2.75, 3.05) is 0 Å². The van der Waals surface area contributed by atoms with Crippen molar-refractivity contribution in [1.82, 2.24) is 34.7 Å². The van der Waals surface area contributed by atoms with Gasteiger partial charge in [-0.25, -0.2) is 15.0 Å². The van der Waals surface area contributed by atoms with Gasteiger partial charge in [-0.15, -0.1) is 10.2 Å². The summed E-state index contributed by atoms with van der Waals surface area (Å²) in [5.74, 6) is 1.44. The van der Waals surface area contributed by atoms with E-state index in [1.807, 2.05) is 24.6 Å². The van der Waals surface area contributed by atoms with Gasteiger partial charge < -0.3 is 4.57 Å². The molecule has 0 bridgehead atoms. The molecular formula is C14H15N7S. The van der Waals surface area contributed by atoms with E-state index in [2.05, 4.69) is 37.1 Å². The summed E-state index contributed by atoms with van der Waals surface area (Å²) in [6.07, 6.45) is 5.81. The van der Waals surface area contributed by atoms with Gasteiger partial charge in [-0.3, -0.25) is 4.98 Å². The number of nitrogens with zero attached hydrogens (tertiary/aromatic N) is 7. The maximum absolute atomic E-state index is 4.44. The summed E-state index contributed by atoms with van der Waals surface area (Å²) in [4.78, 5) is 17.1. The fraction of sp³-hybridized carbons (Fsp3) is 0.286. The lowest BCUT2D eigenvalue weighted by Crippen LogP contribution is -1.98. The van der Waals surface area contributed by atoms with Crippen LogP contribution in [0.4, 0.5) is 0 Å². The van der Waals surface area contributed by atoms with Gasteiger partial charge in [0, 0.05) is 25.1 Å². The highest BCUT2D eigenvalue weighted by molar-refractivity contribution is 7.99. The normalized spacial score (nSPS) is 10.9. The Hall–Kier alpha value is -2.35. The summed E-state index contributed by atoms with van der Waals surface area (Å²) in [6, 6.07) is 1.98. The van der Waals surface area contributed by atoms with Crippen molar-refractivity contribution < 1.29 is 0 Å². The molecule has 0 atom stereocenters. The summed E-state index contributed by atoms with van der Waals surface area (Å²) < 4.78 is 1.89. The van der Waals surface area contributed by atoms with E-state index in [0.717, 1.165) is 28.1 Å². The molecule has 0 fully saturated rings. The van der Waals surface area contributed by atoms with Crippen molar-refractivity contribution in [3.05, 3.63) is 36.2 Å². The Morgan fingerprint density at radius 2 is 2.05 bits per heavy atom. The van der Waals surface area contributed by atoms with Crippen LogP contribution in [0.5, 0.6) is 0 Å². The van der Waals surface area contributed by atoms with Crippen LogP contribution in [0.25, 0.3) is 11.5 Å². The Kier molecular flexibility index (Phi) is 4.10. The number of hydrogen-bond donors (Lipinski definition) is 0. The van der Waals surface area contributed by atoms with Crippen LogP contribution < -0.4 is 0 Å². The molecule has 0 unspecified atom stereocenters. The number of hydrogen-bond acceptors (Lipinski definition) is 7. The molecular weight excluding hydrogens is 298 g/mol. The molecule has 0 aliphatic rings. The smallest absolute Gasteiger partial charge is 0.197 e. The van der Waals surface area contributed by atoms with Gasteiger partial charge in [-0.05, 0) is 31.2 Å². The quantitative estimate of drug-likeness (QED) is 0.682. The molecule has 3 aromatic rings. The van der Waals surface area contributed by atoms with Gasteiger partial charge in [0.15, 0.2) is 11.0 Å². The average molecular weight is 313 g/mol. The highest BCUT2D eigenvalue weighted by Crippen LogP contribution is 2.27. The van der Waals surface area contributed by atoms with E-state index in [1.54, 1.807) is 18.6 Å². The van der Waals surface area contributed by atoms with Gasteiger partial charge in [-0.1, -0.05) is 6.92 Å². The molecule has 0 saturated carbocycles. The highest BCUT2D eigenvalue weighted by atomic mass is 32.2. The minimum absolute atomic E-state index is 0.678. The summed E-state index contributed by atoms with van der Waals surface area (Å²) >= 11 is 1.46. The van der Waals surface area contributed by atoms with Gasteiger partial charge in [0.2, 0.25) is 0 Å². The molecule has 22 heavy (non-hydrogen) atoms. The maximum atomic E-state index is 4.44. The molecule has 7 nitrogen and oxygen atoms in total. The zero-order valence-electron chi connectivity index (χ0n) is 12.6. The second kappa shape index (κ2) is 6.18.